The van der Waals surface area contributed by atoms with Gasteiger partial charge in [-0.15, -0.1) is 11.3 Å². The highest BCUT2D eigenvalue weighted by molar-refractivity contribution is 7.14. The number of halogens is 2. The second kappa shape index (κ2) is 7.39. The van der Waals surface area contributed by atoms with E-state index in [-0.39, 0.29) is 18.2 Å². The van der Waals surface area contributed by atoms with E-state index >= 15 is 0 Å². The van der Waals surface area contributed by atoms with Crippen molar-refractivity contribution in [3.63, 3.8) is 0 Å². The lowest BCUT2D eigenvalue weighted by Crippen LogP contribution is -2.20. The number of amides is 1. The lowest BCUT2D eigenvalue weighted by Gasteiger charge is -2.05. The molecule has 0 radical (unpaired) electrons. The number of aryl methyl sites for hydroxylation is 1. The Morgan fingerprint density at radius 1 is 1.32 bits per heavy atom. The van der Waals surface area contributed by atoms with Gasteiger partial charge in [-0.05, 0) is 37.3 Å². The van der Waals surface area contributed by atoms with Crippen molar-refractivity contribution in [2.24, 2.45) is 0 Å². The van der Waals surface area contributed by atoms with E-state index in [1.54, 1.807) is 28.4 Å². The maximum Gasteiger partial charge on any atom is 0.387 e. The molecule has 6 nitrogen and oxygen atoms in total. The van der Waals surface area contributed by atoms with E-state index in [0.29, 0.717) is 10.8 Å². The van der Waals surface area contributed by atoms with Gasteiger partial charge in [-0.2, -0.15) is 13.9 Å². The van der Waals surface area contributed by atoms with Crippen molar-refractivity contribution in [1.82, 2.24) is 14.8 Å². The standard InChI is InChI=1S/C16H14F2N4O2S/c1-10-6-7-19-22(10)8-14(23)21-16-20-13(9-25-16)11-2-4-12(5-3-11)24-15(17)18/h2-7,9,15H,8H2,1H3,(H,20,21,23). The van der Waals surface area contributed by atoms with Crippen LogP contribution in [-0.2, 0) is 11.3 Å². The Bertz CT molecular complexity index is 861. The molecule has 3 rings (SSSR count). The molecule has 1 aromatic carbocycles. The van der Waals surface area contributed by atoms with Crippen molar-refractivity contribution < 1.29 is 18.3 Å². The average molecular weight is 364 g/mol. The minimum atomic E-state index is -2.86. The summed E-state index contributed by atoms with van der Waals surface area (Å²) in [5, 5.41) is 9.00. The van der Waals surface area contributed by atoms with Crippen LogP contribution in [0.25, 0.3) is 11.3 Å². The molecule has 0 saturated heterocycles. The molecule has 0 fully saturated rings. The minimum absolute atomic E-state index is 0.0806. The third-order valence-corrected chi connectivity index (χ3v) is 4.11. The molecule has 0 aliphatic rings. The zero-order chi connectivity index (χ0) is 17.8. The summed E-state index contributed by atoms with van der Waals surface area (Å²) < 4.78 is 30.2. The average Bonchev–Trinajstić information content (AvgIpc) is 3.17. The molecule has 0 unspecified atom stereocenters. The van der Waals surface area contributed by atoms with Gasteiger partial charge in [0, 0.05) is 22.8 Å². The number of nitrogens with one attached hydrogen (secondary N) is 1. The van der Waals surface area contributed by atoms with E-state index < -0.39 is 6.61 Å². The number of carbonyl (C=O) groups is 1. The van der Waals surface area contributed by atoms with Crippen molar-refractivity contribution in [1.29, 1.82) is 0 Å². The van der Waals surface area contributed by atoms with Gasteiger partial charge in [-0.1, -0.05) is 0 Å². The molecule has 2 heterocycles. The van der Waals surface area contributed by atoms with Crippen molar-refractivity contribution >= 4 is 22.4 Å². The highest BCUT2D eigenvalue weighted by atomic mass is 32.1. The van der Waals surface area contributed by atoms with Gasteiger partial charge in [0.05, 0.1) is 5.69 Å². The summed E-state index contributed by atoms with van der Waals surface area (Å²) in [6, 6.07) is 7.96. The fourth-order valence-electron chi connectivity index (χ4n) is 2.13. The van der Waals surface area contributed by atoms with Crippen LogP contribution in [0.5, 0.6) is 5.75 Å². The van der Waals surface area contributed by atoms with Crippen LogP contribution >= 0.6 is 11.3 Å². The number of nitrogens with zero attached hydrogens (tertiary/aromatic N) is 3. The molecule has 0 aliphatic heterocycles. The Morgan fingerprint density at radius 2 is 2.08 bits per heavy atom. The van der Waals surface area contributed by atoms with Crippen LogP contribution in [0.1, 0.15) is 5.69 Å². The van der Waals surface area contributed by atoms with Crippen molar-refractivity contribution in [3.05, 3.63) is 47.6 Å². The molecule has 0 aliphatic carbocycles. The predicted octanol–water partition coefficient (Wildman–Crippen LogP) is 3.56. The van der Waals surface area contributed by atoms with Crippen molar-refractivity contribution in [3.8, 4) is 17.0 Å². The Balaban J connectivity index is 1.64. The van der Waals surface area contributed by atoms with Crippen LogP contribution in [-0.4, -0.2) is 27.3 Å². The first-order valence-electron chi connectivity index (χ1n) is 7.30. The third kappa shape index (κ3) is 4.38. The van der Waals surface area contributed by atoms with Gasteiger partial charge in [0.15, 0.2) is 5.13 Å². The van der Waals surface area contributed by atoms with E-state index in [1.165, 1.54) is 23.5 Å². The van der Waals surface area contributed by atoms with Gasteiger partial charge in [0.1, 0.15) is 12.3 Å². The first-order valence-corrected chi connectivity index (χ1v) is 8.18. The van der Waals surface area contributed by atoms with E-state index in [2.05, 4.69) is 20.1 Å². The Labute approximate surface area is 146 Å². The lowest BCUT2D eigenvalue weighted by molar-refractivity contribution is -0.116. The molecule has 130 valence electrons. The molecule has 0 saturated carbocycles. The predicted molar refractivity (Wildman–Crippen MR) is 89.8 cm³/mol. The number of rotatable bonds is 6. The molecular weight excluding hydrogens is 350 g/mol. The smallest absolute Gasteiger partial charge is 0.387 e. The number of aromatic nitrogens is 3. The van der Waals surface area contributed by atoms with E-state index in [1.807, 2.05) is 13.0 Å². The molecule has 3 aromatic rings. The number of hydrogen-bond donors (Lipinski definition) is 1. The summed E-state index contributed by atoms with van der Waals surface area (Å²) in [5.41, 5.74) is 2.27. The maximum absolute atomic E-state index is 12.1. The summed E-state index contributed by atoms with van der Waals surface area (Å²) in [4.78, 5) is 16.4. The Kier molecular flexibility index (Phi) is 5.03. The number of thiazole rings is 1. The minimum Gasteiger partial charge on any atom is -0.435 e. The summed E-state index contributed by atoms with van der Waals surface area (Å²) in [6.45, 7) is -0.887. The summed E-state index contributed by atoms with van der Waals surface area (Å²) in [5.74, 6) is -0.148. The maximum atomic E-state index is 12.1. The highest BCUT2D eigenvalue weighted by Crippen LogP contribution is 2.27. The topological polar surface area (TPSA) is 69.0 Å². The number of carbonyl (C=O) groups excluding carboxylic acids is 1. The molecule has 0 spiro atoms. The molecule has 2 aromatic heterocycles. The van der Waals surface area contributed by atoms with Gasteiger partial charge < -0.3 is 10.1 Å². The number of ether oxygens (including phenoxy) is 1. The van der Waals surface area contributed by atoms with Crippen molar-refractivity contribution in [2.45, 2.75) is 20.1 Å². The molecule has 25 heavy (non-hydrogen) atoms. The second-order valence-corrected chi connectivity index (χ2v) is 5.98. The van der Waals surface area contributed by atoms with Gasteiger partial charge in [-0.25, -0.2) is 4.98 Å². The fraction of sp³-hybridized carbons (Fsp3) is 0.188. The summed E-state index contributed by atoms with van der Waals surface area (Å²) in [7, 11) is 0. The monoisotopic (exact) mass is 364 g/mol. The SMILES string of the molecule is Cc1ccnn1CC(=O)Nc1nc(-c2ccc(OC(F)F)cc2)cs1. The zero-order valence-corrected chi connectivity index (χ0v) is 14.0. The highest BCUT2D eigenvalue weighted by Gasteiger charge is 2.10. The van der Waals surface area contributed by atoms with Crippen LogP contribution < -0.4 is 10.1 Å². The van der Waals surface area contributed by atoms with Crippen LogP contribution in [0.3, 0.4) is 0 Å². The van der Waals surface area contributed by atoms with E-state index in [0.717, 1.165) is 11.3 Å². The summed E-state index contributed by atoms with van der Waals surface area (Å²) >= 11 is 1.28. The number of hydrogen-bond acceptors (Lipinski definition) is 5. The third-order valence-electron chi connectivity index (χ3n) is 3.35. The van der Waals surface area contributed by atoms with Gasteiger partial charge in [0.25, 0.3) is 0 Å². The molecule has 1 N–H and O–H groups in total. The van der Waals surface area contributed by atoms with Crippen LogP contribution in [0, 0.1) is 6.92 Å². The van der Waals surface area contributed by atoms with E-state index in [4.69, 9.17) is 0 Å². The Morgan fingerprint density at radius 3 is 2.72 bits per heavy atom. The van der Waals surface area contributed by atoms with Gasteiger partial charge >= 0.3 is 6.61 Å². The normalized spacial score (nSPS) is 10.9. The quantitative estimate of drug-likeness (QED) is 0.726. The second-order valence-electron chi connectivity index (χ2n) is 5.12. The lowest BCUT2D eigenvalue weighted by atomic mass is 10.2. The molecule has 9 heteroatoms. The van der Waals surface area contributed by atoms with Crippen LogP contribution in [0.2, 0.25) is 0 Å². The number of benzene rings is 1. The number of alkyl halides is 2. The summed E-state index contributed by atoms with van der Waals surface area (Å²) in [6.07, 6.45) is 1.63. The van der Waals surface area contributed by atoms with Crippen LogP contribution in [0.15, 0.2) is 41.9 Å². The van der Waals surface area contributed by atoms with E-state index in [9.17, 15) is 13.6 Å². The largest absolute Gasteiger partial charge is 0.435 e. The molecule has 0 bridgehead atoms. The van der Waals surface area contributed by atoms with Crippen molar-refractivity contribution in [2.75, 3.05) is 5.32 Å². The molecule has 0 atom stereocenters. The first-order chi connectivity index (χ1) is 12.0. The fourth-order valence-corrected chi connectivity index (χ4v) is 2.87. The molecule has 1 amide bonds. The zero-order valence-electron chi connectivity index (χ0n) is 13.1. The van der Waals surface area contributed by atoms with Crippen LogP contribution in [0.4, 0.5) is 13.9 Å². The van der Waals surface area contributed by atoms with Gasteiger partial charge in [-0.3, -0.25) is 9.48 Å². The Hall–Kier alpha value is -2.81. The van der Waals surface area contributed by atoms with Gasteiger partial charge in [0.2, 0.25) is 5.91 Å². The number of anilines is 1. The first kappa shape index (κ1) is 17.0. The molecular formula is C16H14F2N4O2S.